The van der Waals surface area contributed by atoms with E-state index in [9.17, 15) is 9.59 Å². The fourth-order valence-corrected chi connectivity index (χ4v) is 1.26. The van der Waals surface area contributed by atoms with Crippen molar-refractivity contribution in [2.24, 2.45) is 5.73 Å². The number of nitrogens with two attached hydrogens (primary N) is 1. The van der Waals surface area contributed by atoms with Crippen molar-refractivity contribution in [3.8, 4) is 0 Å². The van der Waals surface area contributed by atoms with Gasteiger partial charge >= 0.3 is 0 Å². The van der Waals surface area contributed by atoms with Crippen LogP contribution in [0.3, 0.4) is 0 Å². The zero-order valence-corrected chi connectivity index (χ0v) is 9.61. The summed E-state index contributed by atoms with van der Waals surface area (Å²) in [6.07, 6.45) is 1.49. The zero-order valence-electron chi connectivity index (χ0n) is 8.03. The van der Waals surface area contributed by atoms with E-state index in [1.165, 1.54) is 13.1 Å². The molecule has 1 aromatic heterocycles. The SMILES string of the molecule is CC(NC(=O)c1ccnc(Br)c1)C(N)=O. The summed E-state index contributed by atoms with van der Waals surface area (Å²) < 4.78 is 0.557. The molecular formula is C9H10BrN3O2. The summed E-state index contributed by atoms with van der Waals surface area (Å²) in [5.74, 6) is -0.930. The summed E-state index contributed by atoms with van der Waals surface area (Å²) in [6.45, 7) is 1.52. The Morgan fingerprint density at radius 1 is 1.60 bits per heavy atom. The molecule has 1 rings (SSSR count). The quantitative estimate of drug-likeness (QED) is 0.783. The maximum atomic E-state index is 11.5. The minimum Gasteiger partial charge on any atom is -0.368 e. The standard InChI is InChI=1S/C9H10BrN3O2/c1-5(8(11)14)13-9(15)6-2-3-12-7(10)4-6/h2-5H,1H3,(H2,11,14)(H,13,15). The molecule has 0 aliphatic rings. The molecule has 0 aromatic carbocycles. The molecule has 15 heavy (non-hydrogen) atoms. The molecule has 0 fully saturated rings. The van der Waals surface area contributed by atoms with E-state index in [1.54, 1.807) is 12.1 Å². The van der Waals surface area contributed by atoms with Crippen molar-refractivity contribution in [1.29, 1.82) is 0 Å². The van der Waals surface area contributed by atoms with Crippen LogP contribution in [0.4, 0.5) is 0 Å². The first-order valence-electron chi connectivity index (χ1n) is 4.22. The largest absolute Gasteiger partial charge is 0.368 e. The number of halogens is 1. The van der Waals surface area contributed by atoms with Gasteiger partial charge in [-0.1, -0.05) is 0 Å². The number of aromatic nitrogens is 1. The summed E-state index contributed by atoms with van der Waals surface area (Å²) in [5.41, 5.74) is 5.44. The Bertz CT molecular complexity index is 395. The summed E-state index contributed by atoms with van der Waals surface area (Å²) >= 11 is 3.14. The summed E-state index contributed by atoms with van der Waals surface area (Å²) in [5, 5.41) is 2.46. The van der Waals surface area contributed by atoms with Gasteiger partial charge in [0.05, 0.1) is 0 Å². The monoisotopic (exact) mass is 271 g/mol. The molecule has 0 aliphatic heterocycles. The molecule has 1 aromatic rings. The van der Waals surface area contributed by atoms with Gasteiger partial charge in [0.15, 0.2) is 0 Å². The average molecular weight is 272 g/mol. The average Bonchev–Trinajstić information content (AvgIpc) is 2.17. The van der Waals surface area contributed by atoms with E-state index in [0.29, 0.717) is 10.2 Å². The number of nitrogens with one attached hydrogen (secondary N) is 1. The third-order valence-corrected chi connectivity index (χ3v) is 2.20. The predicted molar refractivity (Wildman–Crippen MR) is 58.1 cm³/mol. The molecule has 2 amide bonds. The Morgan fingerprint density at radius 3 is 2.80 bits per heavy atom. The minimum atomic E-state index is -0.690. The lowest BCUT2D eigenvalue weighted by molar-refractivity contribution is -0.119. The van der Waals surface area contributed by atoms with Crippen molar-refractivity contribution in [1.82, 2.24) is 10.3 Å². The molecule has 0 radical (unpaired) electrons. The van der Waals surface area contributed by atoms with Gasteiger partial charge in [0.2, 0.25) is 5.91 Å². The Morgan fingerprint density at radius 2 is 2.27 bits per heavy atom. The number of hydrogen-bond donors (Lipinski definition) is 2. The first kappa shape index (κ1) is 11.6. The number of primary amides is 1. The van der Waals surface area contributed by atoms with Crippen LogP contribution in [0.2, 0.25) is 0 Å². The molecule has 0 saturated carbocycles. The van der Waals surface area contributed by atoms with Crippen LogP contribution in [0.5, 0.6) is 0 Å². The van der Waals surface area contributed by atoms with Crippen LogP contribution in [-0.4, -0.2) is 22.8 Å². The van der Waals surface area contributed by atoms with Gasteiger partial charge in [0.25, 0.3) is 5.91 Å². The molecule has 1 unspecified atom stereocenters. The highest BCUT2D eigenvalue weighted by Gasteiger charge is 2.13. The van der Waals surface area contributed by atoms with Gasteiger partial charge < -0.3 is 11.1 Å². The van der Waals surface area contributed by atoms with Gasteiger partial charge in [-0.05, 0) is 35.0 Å². The van der Waals surface area contributed by atoms with E-state index in [4.69, 9.17) is 5.73 Å². The van der Waals surface area contributed by atoms with Crippen LogP contribution < -0.4 is 11.1 Å². The van der Waals surface area contributed by atoms with Crippen molar-refractivity contribution in [2.45, 2.75) is 13.0 Å². The van der Waals surface area contributed by atoms with E-state index in [0.717, 1.165) is 0 Å². The first-order valence-corrected chi connectivity index (χ1v) is 5.01. The zero-order chi connectivity index (χ0) is 11.4. The van der Waals surface area contributed by atoms with Gasteiger partial charge in [-0.15, -0.1) is 0 Å². The molecule has 0 aliphatic carbocycles. The van der Waals surface area contributed by atoms with E-state index >= 15 is 0 Å². The van der Waals surface area contributed by atoms with E-state index in [2.05, 4.69) is 26.2 Å². The molecular weight excluding hydrogens is 262 g/mol. The lowest BCUT2D eigenvalue weighted by Crippen LogP contribution is -2.42. The number of pyridine rings is 1. The maximum Gasteiger partial charge on any atom is 0.252 e. The van der Waals surface area contributed by atoms with Crippen LogP contribution in [0, 0.1) is 0 Å². The van der Waals surface area contributed by atoms with Crippen LogP contribution in [0.15, 0.2) is 22.9 Å². The highest BCUT2D eigenvalue weighted by molar-refractivity contribution is 9.10. The Balaban J connectivity index is 2.73. The summed E-state index contributed by atoms with van der Waals surface area (Å²) in [4.78, 5) is 26.1. The molecule has 0 saturated heterocycles. The molecule has 1 heterocycles. The summed E-state index contributed by atoms with van der Waals surface area (Å²) in [7, 11) is 0. The van der Waals surface area contributed by atoms with Crippen molar-refractivity contribution in [2.75, 3.05) is 0 Å². The van der Waals surface area contributed by atoms with Gasteiger partial charge in [-0.2, -0.15) is 0 Å². The minimum absolute atomic E-state index is 0.357. The molecule has 3 N–H and O–H groups in total. The van der Waals surface area contributed by atoms with Crippen LogP contribution in [0.1, 0.15) is 17.3 Å². The second-order valence-corrected chi connectivity index (χ2v) is 3.78. The van der Waals surface area contributed by atoms with Crippen molar-refractivity contribution in [3.63, 3.8) is 0 Å². The highest BCUT2D eigenvalue weighted by Crippen LogP contribution is 2.07. The Labute approximate surface area is 95.2 Å². The van der Waals surface area contributed by atoms with Crippen molar-refractivity contribution < 1.29 is 9.59 Å². The van der Waals surface area contributed by atoms with E-state index in [-0.39, 0.29) is 5.91 Å². The van der Waals surface area contributed by atoms with Gasteiger partial charge in [-0.3, -0.25) is 9.59 Å². The first-order chi connectivity index (χ1) is 7.00. The van der Waals surface area contributed by atoms with Gasteiger partial charge in [-0.25, -0.2) is 4.98 Å². The third kappa shape index (κ3) is 3.32. The molecule has 0 bridgehead atoms. The molecule has 0 spiro atoms. The number of carbonyl (C=O) groups is 2. The second-order valence-electron chi connectivity index (χ2n) is 2.96. The molecule has 1 atom stereocenters. The van der Waals surface area contributed by atoms with E-state index in [1.807, 2.05) is 0 Å². The number of hydrogen-bond acceptors (Lipinski definition) is 3. The predicted octanol–water partition coefficient (Wildman–Crippen LogP) is 0.448. The fraction of sp³-hybridized carbons (Fsp3) is 0.222. The van der Waals surface area contributed by atoms with Crippen LogP contribution in [-0.2, 0) is 4.79 Å². The summed E-state index contributed by atoms with van der Waals surface area (Å²) in [6, 6.07) is 2.42. The normalized spacial score (nSPS) is 11.9. The van der Waals surface area contributed by atoms with Crippen LogP contribution in [0.25, 0.3) is 0 Å². The lowest BCUT2D eigenvalue weighted by atomic mass is 10.2. The van der Waals surface area contributed by atoms with Gasteiger partial charge in [0.1, 0.15) is 10.6 Å². The number of carbonyl (C=O) groups excluding carboxylic acids is 2. The topological polar surface area (TPSA) is 85.1 Å². The molecule has 5 nitrogen and oxygen atoms in total. The Kier molecular flexibility index (Phi) is 3.79. The third-order valence-electron chi connectivity index (χ3n) is 1.76. The number of nitrogens with zero attached hydrogens (tertiary/aromatic N) is 1. The highest BCUT2D eigenvalue weighted by atomic mass is 79.9. The Hall–Kier alpha value is -1.43. The molecule has 80 valence electrons. The number of amides is 2. The van der Waals surface area contributed by atoms with Crippen molar-refractivity contribution >= 4 is 27.7 Å². The van der Waals surface area contributed by atoms with Crippen LogP contribution >= 0.6 is 15.9 Å². The molecule has 6 heteroatoms. The fourth-order valence-electron chi connectivity index (χ4n) is 0.895. The van der Waals surface area contributed by atoms with Crippen molar-refractivity contribution in [3.05, 3.63) is 28.5 Å². The second kappa shape index (κ2) is 4.88. The van der Waals surface area contributed by atoms with E-state index < -0.39 is 11.9 Å². The van der Waals surface area contributed by atoms with Gasteiger partial charge in [0, 0.05) is 11.8 Å². The maximum absolute atomic E-state index is 11.5. The smallest absolute Gasteiger partial charge is 0.252 e. The number of rotatable bonds is 3. The lowest BCUT2D eigenvalue weighted by Gasteiger charge is -2.09.